The van der Waals surface area contributed by atoms with Gasteiger partial charge in [0.2, 0.25) is 0 Å². The summed E-state index contributed by atoms with van der Waals surface area (Å²) >= 11 is 0. The van der Waals surface area contributed by atoms with E-state index < -0.39 is 0 Å². The summed E-state index contributed by atoms with van der Waals surface area (Å²) in [6.07, 6.45) is 7.34. The average molecular weight is 199 g/mol. The van der Waals surface area contributed by atoms with Crippen LogP contribution in [0.3, 0.4) is 0 Å². The van der Waals surface area contributed by atoms with Crippen LogP contribution in [0.15, 0.2) is 0 Å². The molecule has 0 aromatic rings. The van der Waals surface area contributed by atoms with Crippen LogP contribution in [0.2, 0.25) is 0 Å². The van der Waals surface area contributed by atoms with Crippen molar-refractivity contribution in [2.45, 2.75) is 58.1 Å². The van der Waals surface area contributed by atoms with Gasteiger partial charge in [0.15, 0.2) is 0 Å². The zero-order chi connectivity index (χ0) is 10.4. The number of rotatable bonds is 5. The molecule has 0 aromatic heterocycles. The zero-order valence-corrected chi connectivity index (χ0v) is 9.88. The molecule has 1 N–H and O–H groups in total. The quantitative estimate of drug-likeness (QED) is 0.735. The summed E-state index contributed by atoms with van der Waals surface area (Å²) in [5, 5.41) is 3.32. The van der Waals surface area contributed by atoms with Gasteiger partial charge in [0.1, 0.15) is 0 Å². The van der Waals surface area contributed by atoms with Crippen molar-refractivity contribution in [3.05, 3.63) is 0 Å². The second-order valence-electron chi connectivity index (χ2n) is 4.40. The van der Waals surface area contributed by atoms with Crippen LogP contribution in [-0.4, -0.2) is 25.8 Å². The van der Waals surface area contributed by atoms with Crippen molar-refractivity contribution in [2.75, 3.05) is 13.7 Å². The van der Waals surface area contributed by atoms with Crippen molar-refractivity contribution >= 4 is 0 Å². The molecule has 0 aliphatic heterocycles. The lowest BCUT2D eigenvalue weighted by Crippen LogP contribution is -2.42. The highest BCUT2D eigenvalue weighted by Gasteiger charge is 2.27. The van der Waals surface area contributed by atoms with Crippen LogP contribution >= 0.6 is 0 Å². The molecular weight excluding hydrogens is 174 g/mol. The molecule has 0 spiro atoms. The van der Waals surface area contributed by atoms with Gasteiger partial charge in [0.05, 0.1) is 6.10 Å². The largest absolute Gasteiger partial charge is 0.377 e. The Morgan fingerprint density at radius 1 is 1.29 bits per heavy atom. The van der Waals surface area contributed by atoms with Gasteiger partial charge in [-0.15, -0.1) is 0 Å². The summed E-state index contributed by atoms with van der Waals surface area (Å²) in [5.74, 6) is 0.783. The monoisotopic (exact) mass is 199 g/mol. The summed E-state index contributed by atoms with van der Waals surface area (Å²) in [6.45, 7) is 5.17. The van der Waals surface area contributed by atoms with E-state index in [9.17, 15) is 0 Å². The summed E-state index contributed by atoms with van der Waals surface area (Å²) in [7, 11) is 2.03. The summed E-state index contributed by atoms with van der Waals surface area (Å²) < 4.78 is 5.87. The molecule has 1 fully saturated rings. The molecule has 2 unspecified atom stereocenters. The summed E-state index contributed by atoms with van der Waals surface area (Å²) in [6, 6.07) is 0.484. The smallest absolute Gasteiger partial charge is 0.0753 e. The normalized spacial score (nSPS) is 23.4. The molecule has 2 atom stereocenters. The Labute approximate surface area is 88.4 Å². The molecule has 14 heavy (non-hydrogen) atoms. The van der Waals surface area contributed by atoms with Crippen LogP contribution in [0.5, 0.6) is 0 Å². The highest BCUT2D eigenvalue weighted by molar-refractivity contribution is 4.81. The average Bonchev–Trinajstić information content (AvgIpc) is 2.26. The molecule has 0 bridgehead atoms. The molecule has 0 saturated heterocycles. The van der Waals surface area contributed by atoms with Crippen molar-refractivity contribution in [1.82, 2.24) is 5.32 Å². The Bertz CT molecular complexity index is 143. The minimum Gasteiger partial charge on any atom is -0.377 e. The second-order valence-corrected chi connectivity index (χ2v) is 4.40. The Hall–Kier alpha value is -0.0800. The van der Waals surface area contributed by atoms with E-state index in [0.29, 0.717) is 12.1 Å². The number of likely N-dealkylation sites (N-methyl/N-ethyl adjacent to an activating group) is 1. The van der Waals surface area contributed by atoms with Crippen LogP contribution in [0.25, 0.3) is 0 Å². The fourth-order valence-electron chi connectivity index (χ4n) is 2.51. The summed E-state index contributed by atoms with van der Waals surface area (Å²) in [4.78, 5) is 0. The number of ether oxygens (including phenoxy) is 1. The topological polar surface area (TPSA) is 21.3 Å². The van der Waals surface area contributed by atoms with Gasteiger partial charge in [-0.3, -0.25) is 0 Å². The van der Waals surface area contributed by atoms with Crippen molar-refractivity contribution in [3.63, 3.8) is 0 Å². The van der Waals surface area contributed by atoms with Gasteiger partial charge < -0.3 is 10.1 Å². The highest BCUT2D eigenvalue weighted by Crippen LogP contribution is 2.29. The van der Waals surface area contributed by atoms with Crippen molar-refractivity contribution in [1.29, 1.82) is 0 Å². The third-order valence-electron chi connectivity index (χ3n) is 3.42. The van der Waals surface area contributed by atoms with Crippen LogP contribution < -0.4 is 5.32 Å². The predicted molar refractivity (Wildman–Crippen MR) is 60.5 cm³/mol. The maximum absolute atomic E-state index is 5.87. The van der Waals surface area contributed by atoms with E-state index in [1.54, 1.807) is 0 Å². The molecule has 1 aliphatic carbocycles. The molecule has 2 heteroatoms. The number of hydrogen-bond acceptors (Lipinski definition) is 2. The van der Waals surface area contributed by atoms with E-state index in [2.05, 4.69) is 19.2 Å². The first-order valence-corrected chi connectivity index (χ1v) is 6.08. The van der Waals surface area contributed by atoms with Gasteiger partial charge >= 0.3 is 0 Å². The lowest BCUT2D eigenvalue weighted by Gasteiger charge is -2.33. The van der Waals surface area contributed by atoms with E-state index in [0.717, 1.165) is 12.5 Å². The van der Waals surface area contributed by atoms with Crippen LogP contribution in [-0.2, 0) is 4.74 Å². The Balaban J connectivity index is 2.46. The molecule has 1 saturated carbocycles. The molecule has 1 aliphatic rings. The molecular formula is C12H25NO. The van der Waals surface area contributed by atoms with Crippen LogP contribution in [0, 0.1) is 5.92 Å². The third kappa shape index (κ3) is 3.25. The van der Waals surface area contributed by atoms with Crippen LogP contribution in [0.4, 0.5) is 0 Å². The number of nitrogens with one attached hydrogen (secondary N) is 1. The van der Waals surface area contributed by atoms with E-state index in [4.69, 9.17) is 4.74 Å². The summed E-state index contributed by atoms with van der Waals surface area (Å²) in [5.41, 5.74) is 0. The molecule has 0 radical (unpaired) electrons. The maximum atomic E-state index is 5.87. The van der Waals surface area contributed by atoms with Gasteiger partial charge in [-0.1, -0.05) is 19.3 Å². The van der Waals surface area contributed by atoms with Crippen molar-refractivity contribution in [2.24, 2.45) is 5.92 Å². The third-order valence-corrected chi connectivity index (χ3v) is 3.42. The minimum absolute atomic E-state index is 0.422. The molecule has 2 nitrogen and oxygen atoms in total. The minimum atomic E-state index is 0.422. The van der Waals surface area contributed by atoms with E-state index in [1.807, 2.05) is 7.05 Å². The molecule has 0 heterocycles. The standard InChI is InChI=1S/C12H25NO/c1-4-14-12(10(2)13-3)11-8-6-5-7-9-11/h10-13H,4-9H2,1-3H3. The van der Waals surface area contributed by atoms with E-state index >= 15 is 0 Å². The molecule has 84 valence electrons. The first kappa shape index (κ1) is 12.0. The van der Waals surface area contributed by atoms with Gasteiger partial charge in [0, 0.05) is 12.6 Å². The second kappa shape index (κ2) is 6.41. The van der Waals surface area contributed by atoms with Crippen molar-refractivity contribution < 1.29 is 4.74 Å². The Kier molecular flexibility index (Phi) is 5.49. The van der Waals surface area contributed by atoms with Gasteiger partial charge in [0.25, 0.3) is 0 Å². The Morgan fingerprint density at radius 3 is 2.43 bits per heavy atom. The van der Waals surface area contributed by atoms with Gasteiger partial charge in [-0.05, 0) is 39.7 Å². The lowest BCUT2D eigenvalue weighted by atomic mass is 9.83. The van der Waals surface area contributed by atoms with Gasteiger partial charge in [-0.25, -0.2) is 0 Å². The Morgan fingerprint density at radius 2 is 1.93 bits per heavy atom. The SMILES string of the molecule is CCOC(C1CCCCC1)C(C)NC. The lowest BCUT2D eigenvalue weighted by molar-refractivity contribution is -0.0120. The fraction of sp³-hybridized carbons (Fsp3) is 1.00. The highest BCUT2D eigenvalue weighted by atomic mass is 16.5. The first-order valence-electron chi connectivity index (χ1n) is 6.08. The number of hydrogen-bond donors (Lipinski definition) is 1. The maximum Gasteiger partial charge on any atom is 0.0753 e. The van der Waals surface area contributed by atoms with E-state index in [1.165, 1.54) is 32.1 Å². The van der Waals surface area contributed by atoms with E-state index in [-0.39, 0.29) is 0 Å². The van der Waals surface area contributed by atoms with Crippen molar-refractivity contribution in [3.8, 4) is 0 Å². The molecule has 1 rings (SSSR count). The molecule has 0 amide bonds. The zero-order valence-electron chi connectivity index (χ0n) is 9.88. The predicted octanol–water partition coefficient (Wildman–Crippen LogP) is 2.58. The van der Waals surface area contributed by atoms with Crippen LogP contribution in [0.1, 0.15) is 46.0 Å². The fourth-order valence-corrected chi connectivity index (χ4v) is 2.51. The first-order chi connectivity index (χ1) is 6.79. The molecule has 0 aromatic carbocycles. The van der Waals surface area contributed by atoms with Gasteiger partial charge in [-0.2, -0.15) is 0 Å².